The van der Waals surface area contributed by atoms with Crippen molar-refractivity contribution in [2.75, 3.05) is 13.2 Å². The Kier molecular flexibility index (Phi) is 4.88. The van der Waals surface area contributed by atoms with Crippen LogP contribution in [0.2, 0.25) is 0 Å². The van der Waals surface area contributed by atoms with Crippen molar-refractivity contribution >= 4 is 5.97 Å². The first-order valence-electron chi connectivity index (χ1n) is 3.17. The Morgan fingerprint density at radius 1 is 1.70 bits per heavy atom. The Hall–Kier alpha value is -0.610. The Bertz CT molecular complexity index is 102. The van der Waals surface area contributed by atoms with E-state index in [4.69, 9.17) is 14.9 Å². The highest BCUT2D eigenvalue weighted by molar-refractivity contribution is 5.72. The van der Waals surface area contributed by atoms with E-state index in [2.05, 4.69) is 0 Å². The van der Waals surface area contributed by atoms with E-state index in [0.717, 1.165) is 0 Å². The lowest BCUT2D eigenvalue weighted by Crippen LogP contribution is -2.24. The van der Waals surface area contributed by atoms with E-state index < -0.39 is 12.1 Å². The molecule has 0 saturated heterocycles. The first kappa shape index (κ1) is 9.39. The maximum Gasteiger partial charge on any atom is 0.332 e. The molecule has 0 radical (unpaired) electrons. The number of ether oxygens (including phenoxy) is 1. The summed E-state index contributed by atoms with van der Waals surface area (Å²) in [5, 5.41) is 16.7. The number of hydrogen-bond donors (Lipinski definition) is 2. The molecule has 2 N–H and O–H groups in total. The van der Waals surface area contributed by atoms with Crippen molar-refractivity contribution in [2.45, 2.75) is 19.4 Å². The van der Waals surface area contributed by atoms with Gasteiger partial charge < -0.3 is 14.9 Å². The number of aliphatic hydroxyl groups excluding tert-OH is 1. The van der Waals surface area contributed by atoms with Gasteiger partial charge in [-0.1, -0.05) is 6.92 Å². The lowest BCUT2D eigenvalue weighted by Gasteiger charge is -2.08. The summed E-state index contributed by atoms with van der Waals surface area (Å²) in [5.41, 5.74) is 0. The minimum Gasteiger partial charge on any atom is -0.479 e. The van der Waals surface area contributed by atoms with Gasteiger partial charge in [-0.25, -0.2) is 4.79 Å². The second-order valence-electron chi connectivity index (χ2n) is 1.83. The number of aliphatic carboxylic acids is 1. The van der Waals surface area contributed by atoms with Crippen LogP contribution in [-0.4, -0.2) is 35.5 Å². The average molecular weight is 148 g/mol. The minimum atomic E-state index is -0.976. The highest BCUT2D eigenvalue weighted by Crippen LogP contribution is 1.96. The summed E-state index contributed by atoms with van der Waals surface area (Å²) in [6, 6.07) is 0. The van der Waals surface area contributed by atoms with Gasteiger partial charge in [-0.3, -0.25) is 0 Å². The Morgan fingerprint density at radius 3 is 2.60 bits per heavy atom. The van der Waals surface area contributed by atoms with Gasteiger partial charge in [-0.2, -0.15) is 0 Å². The maximum atomic E-state index is 10.2. The van der Waals surface area contributed by atoms with E-state index in [0.29, 0.717) is 6.42 Å². The van der Waals surface area contributed by atoms with E-state index in [1.165, 1.54) is 0 Å². The molecule has 0 aliphatic carbocycles. The van der Waals surface area contributed by atoms with Crippen LogP contribution in [0.1, 0.15) is 13.3 Å². The molecule has 0 aromatic rings. The number of carbonyl (C=O) groups is 1. The third kappa shape index (κ3) is 3.42. The smallest absolute Gasteiger partial charge is 0.332 e. The number of carboxylic acids is 1. The predicted molar refractivity (Wildman–Crippen MR) is 34.8 cm³/mol. The van der Waals surface area contributed by atoms with Crippen LogP contribution in [0.15, 0.2) is 0 Å². The van der Waals surface area contributed by atoms with Crippen LogP contribution in [0.25, 0.3) is 0 Å². The molecule has 0 amide bonds. The molecule has 0 aromatic heterocycles. The van der Waals surface area contributed by atoms with E-state index in [1.54, 1.807) is 6.92 Å². The second kappa shape index (κ2) is 5.20. The molecule has 0 rings (SSSR count). The van der Waals surface area contributed by atoms with Gasteiger partial charge in [0, 0.05) is 0 Å². The van der Waals surface area contributed by atoms with Crippen LogP contribution in [0.4, 0.5) is 0 Å². The van der Waals surface area contributed by atoms with Crippen molar-refractivity contribution in [3.63, 3.8) is 0 Å². The molecule has 4 nitrogen and oxygen atoms in total. The summed E-state index contributed by atoms with van der Waals surface area (Å²) in [7, 11) is 0. The van der Waals surface area contributed by atoms with Crippen molar-refractivity contribution in [1.82, 2.24) is 0 Å². The quantitative estimate of drug-likeness (QED) is 0.569. The van der Waals surface area contributed by atoms with Crippen LogP contribution in [0.5, 0.6) is 0 Å². The van der Waals surface area contributed by atoms with E-state index in [-0.39, 0.29) is 13.2 Å². The summed E-state index contributed by atoms with van der Waals surface area (Å²) in [6.45, 7) is 1.67. The molecule has 0 aliphatic heterocycles. The minimum absolute atomic E-state index is 0.0881. The van der Waals surface area contributed by atoms with Crippen LogP contribution in [0, 0.1) is 0 Å². The van der Waals surface area contributed by atoms with E-state index in [1.807, 2.05) is 0 Å². The zero-order valence-electron chi connectivity index (χ0n) is 5.91. The lowest BCUT2D eigenvalue weighted by molar-refractivity contribution is -0.151. The molecule has 0 aromatic carbocycles. The summed E-state index contributed by atoms with van der Waals surface area (Å²) in [4.78, 5) is 10.2. The molecule has 1 atom stereocenters. The third-order valence-electron chi connectivity index (χ3n) is 1.06. The lowest BCUT2D eigenvalue weighted by atomic mass is 10.3. The molecule has 0 aliphatic rings. The zero-order chi connectivity index (χ0) is 7.98. The van der Waals surface area contributed by atoms with E-state index >= 15 is 0 Å². The first-order chi connectivity index (χ1) is 4.72. The highest BCUT2D eigenvalue weighted by atomic mass is 16.5. The first-order valence-corrected chi connectivity index (χ1v) is 3.17. The molecular formula is C6H12O4. The van der Waals surface area contributed by atoms with Crippen molar-refractivity contribution in [3.05, 3.63) is 0 Å². The summed E-state index contributed by atoms with van der Waals surface area (Å²) >= 11 is 0. The Balaban J connectivity index is 3.50. The number of rotatable bonds is 5. The molecule has 1 unspecified atom stereocenters. The monoisotopic (exact) mass is 148 g/mol. The van der Waals surface area contributed by atoms with Crippen LogP contribution >= 0.6 is 0 Å². The van der Waals surface area contributed by atoms with E-state index in [9.17, 15) is 4.79 Å². The van der Waals surface area contributed by atoms with Gasteiger partial charge in [0.25, 0.3) is 0 Å². The van der Waals surface area contributed by atoms with Gasteiger partial charge in [-0.05, 0) is 6.42 Å². The third-order valence-corrected chi connectivity index (χ3v) is 1.06. The topological polar surface area (TPSA) is 66.8 Å². The highest BCUT2D eigenvalue weighted by Gasteiger charge is 2.13. The summed E-state index contributed by atoms with van der Waals surface area (Å²) in [6.07, 6.45) is -0.345. The van der Waals surface area contributed by atoms with Crippen molar-refractivity contribution in [1.29, 1.82) is 0 Å². The molecule has 0 bridgehead atoms. The fourth-order valence-corrected chi connectivity index (χ4v) is 0.559. The summed E-state index contributed by atoms with van der Waals surface area (Å²) in [5.74, 6) is -0.976. The maximum absolute atomic E-state index is 10.2. The Labute approximate surface area is 59.4 Å². The van der Waals surface area contributed by atoms with Gasteiger partial charge >= 0.3 is 5.97 Å². The van der Waals surface area contributed by atoms with Gasteiger partial charge in [0.15, 0.2) is 6.10 Å². The van der Waals surface area contributed by atoms with Crippen LogP contribution in [0.3, 0.4) is 0 Å². The zero-order valence-corrected chi connectivity index (χ0v) is 5.91. The predicted octanol–water partition coefficient (Wildman–Crippen LogP) is -0.142. The molecule has 0 saturated carbocycles. The molecule has 10 heavy (non-hydrogen) atoms. The molecule has 4 heteroatoms. The number of aliphatic hydroxyl groups is 1. The molecule has 60 valence electrons. The van der Waals surface area contributed by atoms with Crippen LogP contribution in [-0.2, 0) is 9.53 Å². The summed E-state index contributed by atoms with van der Waals surface area (Å²) < 4.78 is 4.75. The molecule has 0 heterocycles. The largest absolute Gasteiger partial charge is 0.479 e. The Morgan fingerprint density at radius 2 is 2.30 bits per heavy atom. The number of carboxylic acid groups (broad SMARTS) is 1. The molecular weight excluding hydrogens is 136 g/mol. The fraction of sp³-hybridized carbons (Fsp3) is 0.833. The van der Waals surface area contributed by atoms with Crippen molar-refractivity contribution < 1.29 is 19.7 Å². The van der Waals surface area contributed by atoms with Gasteiger partial charge in [-0.15, -0.1) is 0 Å². The fourth-order valence-electron chi connectivity index (χ4n) is 0.559. The van der Waals surface area contributed by atoms with Gasteiger partial charge in [0.05, 0.1) is 13.2 Å². The molecule has 0 spiro atoms. The average Bonchev–Trinajstić information content (AvgIpc) is 1.89. The van der Waals surface area contributed by atoms with Gasteiger partial charge in [0.1, 0.15) is 0 Å². The normalized spacial score (nSPS) is 13.0. The van der Waals surface area contributed by atoms with Crippen LogP contribution < -0.4 is 0 Å². The van der Waals surface area contributed by atoms with Gasteiger partial charge in [0.2, 0.25) is 0 Å². The second-order valence-corrected chi connectivity index (χ2v) is 1.83. The van der Waals surface area contributed by atoms with Crippen molar-refractivity contribution in [2.24, 2.45) is 0 Å². The number of hydrogen-bond acceptors (Lipinski definition) is 3. The standard InChI is InChI=1S/C6H12O4/c1-2-5(6(8)9)10-4-3-7/h5,7H,2-4H2,1H3,(H,8,9). The van der Waals surface area contributed by atoms with Crippen molar-refractivity contribution in [3.8, 4) is 0 Å². The molecule has 0 fully saturated rings. The SMILES string of the molecule is CCC(OCCO)C(=O)O.